The second-order valence-corrected chi connectivity index (χ2v) is 6.96. The average Bonchev–Trinajstić information content (AvgIpc) is 3.42. The van der Waals surface area contributed by atoms with E-state index in [0.717, 1.165) is 38.8 Å². The molecule has 1 aliphatic carbocycles. The topological polar surface area (TPSA) is 113 Å². The van der Waals surface area contributed by atoms with Crippen LogP contribution in [0.3, 0.4) is 0 Å². The Balaban J connectivity index is 1.29. The van der Waals surface area contributed by atoms with Crippen molar-refractivity contribution in [1.29, 1.82) is 0 Å². The minimum Gasteiger partial charge on any atom is -0.490 e. The lowest BCUT2D eigenvalue weighted by Crippen LogP contribution is -2.42. The first-order valence-corrected chi connectivity index (χ1v) is 9.25. The van der Waals surface area contributed by atoms with Crippen LogP contribution in [0, 0.1) is 5.92 Å². The molecular formula is C18H22N6O3. The fraction of sp³-hybridized carbons (Fsp3) is 0.500. The number of hydrogen-bond donors (Lipinski definition) is 2. The van der Waals surface area contributed by atoms with Crippen LogP contribution in [0.2, 0.25) is 0 Å². The number of tetrazole rings is 1. The summed E-state index contributed by atoms with van der Waals surface area (Å²) in [6.45, 7) is 1.68. The van der Waals surface area contributed by atoms with Gasteiger partial charge in [-0.05, 0) is 31.0 Å². The molecule has 0 spiro atoms. The number of nitrogens with one attached hydrogen (secondary N) is 2. The van der Waals surface area contributed by atoms with Gasteiger partial charge in [0.2, 0.25) is 5.91 Å². The molecule has 1 aliphatic heterocycles. The van der Waals surface area contributed by atoms with Gasteiger partial charge in [-0.2, -0.15) is 5.21 Å². The van der Waals surface area contributed by atoms with Crippen LogP contribution in [0.15, 0.2) is 24.3 Å². The number of ether oxygens (including phenoxy) is 1. The third-order valence-electron chi connectivity index (χ3n) is 4.88. The molecule has 1 saturated carbocycles. The molecule has 0 bridgehead atoms. The molecule has 2 amide bonds. The number of hydrogen-bond acceptors (Lipinski definition) is 6. The highest BCUT2D eigenvalue weighted by Gasteiger charge is 2.35. The first-order valence-electron chi connectivity index (χ1n) is 9.25. The summed E-state index contributed by atoms with van der Waals surface area (Å²) in [6, 6.07) is 7.10. The standard InChI is InChI=1S/C18H22N6O3/c25-17(19-11-16-20-22-23-21-16)13-2-1-3-15(10-13)27-14-6-8-24(9-7-14)18(26)12-4-5-12/h1-3,10,12,14H,4-9,11H2,(H,19,25)(H,20,21,22,23). The Kier molecular flexibility index (Phi) is 4.99. The van der Waals surface area contributed by atoms with Crippen LogP contribution in [0.4, 0.5) is 0 Å². The summed E-state index contributed by atoms with van der Waals surface area (Å²) in [5.74, 6) is 1.42. The zero-order valence-electron chi connectivity index (χ0n) is 14.9. The maximum Gasteiger partial charge on any atom is 0.251 e. The van der Waals surface area contributed by atoms with Gasteiger partial charge < -0.3 is 15.0 Å². The third-order valence-corrected chi connectivity index (χ3v) is 4.88. The van der Waals surface area contributed by atoms with Crippen molar-refractivity contribution in [3.8, 4) is 5.75 Å². The van der Waals surface area contributed by atoms with Gasteiger partial charge in [0.05, 0.1) is 6.54 Å². The molecule has 2 aliphatic rings. The Bertz CT molecular complexity index is 797. The van der Waals surface area contributed by atoms with Crippen LogP contribution < -0.4 is 10.1 Å². The summed E-state index contributed by atoms with van der Waals surface area (Å²) < 4.78 is 6.04. The molecule has 9 nitrogen and oxygen atoms in total. The highest BCUT2D eigenvalue weighted by molar-refractivity contribution is 5.94. The summed E-state index contributed by atoms with van der Waals surface area (Å²) in [4.78, 5) is 26.4. The molecule has 2 N–H and O–H groups in total. The predicted molar refractivity (Wildman–Crippen MR) is 94.7 cm³/mol. The van der Waals surface area contributed by atoms with Crippen molar-refractivity contribution in [1.82, 2.24) is 30.8 Å². The summed E-state index contributed by atoms with van der Waals surface area (Å²) in [6.07, 6.45) is 3.76. The second kappa shape index (κ2) is 7.73. The van der Waals surface area contributed by atoms with Crippen molar-refractivity contribution in [2.24, 2.45) is 5.92 Å². The number of amides is 2. The van der Waals surface area contributed by atoms with E-state index in [-0.39, 0.29) is 24.5 Å². The van der Waals surface area contributed by atoms with Gasteiger partial charge in [-0.25, -0.2) is 0 Å². The zero-order chi connectivity index (χ0) is 18.6. The van der Waals surface area contributed by atoms with Crippen molar-refractivity contribution in [3.63, 3.8) is 0 Å². The Morgan fingerprint density at radius 1 is 1.22 bits per heavy atom. The lowest BCUT2D eigenvalue weighted by Gasteiger charge is -2.32. The number of aromatic amines is 1. The number of benzene rings is 1. The SMILES string of the molecule is O=C(NCc1nn[nH]n1)c1cccc(OC2CCN(C(=O)C3CC3)CC2)c1. The first kappa shape index (κ1) is 17.4. The van der Waals surface area contributed by atoms with Gasteiger partial charge in [0.25, 0.3) is 5.91 Å². The fourth-order valence-electron chi connectivity index (χ4n) is 3.20. The minimum absolute atomic E-state index is 0.0610. The Morgan fingerprint density at radius 2 is 2.04 bits per heavy atom. The summed E-state index contributed by atoms with van der Waals surface area (Å²) >= 11 is 0. The Hall–Kier alpha value is -2.97. The molecular weight excluding hydrogens is 348 g/mol. The molecule has 0 atom stereocenters. The average molecular weight is 370 g/mol. The lowest BCUT2D eigenvalue weighted by atomic mass is 10.1. The first-order chi connectivity index (χ1) is 13.2. The number of carbonyl (C=O) groups is 2. The maximum atomic E-state index is 12.3. The van der Waals surface area contributed by atoms with Gasteiger partial charge in [0.1, 0.15) is 11.9 Å². The van der Waals surface area contributed by atoms with E-state index in [1.54, 1.807) is 18.2 Å². The third kappa shape index (κ3) is 4.42. The van der Waals surface area contributed by atoms with Crippen LogP contribution in [0.1, 0.15) is 41.9 Å². The van der Waals surface area contributed by atoms with Crippen molar-refractivity contribution in [3.05, 3.63) is 35.7 Å². The molecule has 0 radical (unpaired) electrons. The van der Waals surface area contributed by atoms with Crippen molar-refractivity contribution in [2.75, 3.05) is 13.1 Å². The molecule has 2 heterocycles. The van der Waals surface area contributed by atoms with E-state index in [1.807, 2.05) is 11.0 Å². The van der Waals surface area contributed by atoms with Crippen LogP contribution in [0.5, 0.6) is 5.75 Å². The van der Waals surface area contributed by atoms with Crippen molar-refractivity contribution < 1.29 is 14.3 Å². The van der Waals surface area contributed by atoms with Crippen LogP contribution >= 0.6 is 0 Å². The van der Waals surface area contributed by atoms with Crippen LogP contribution in [0.25, 0.3) is 0 Å². The molecule has 2 aromatic rings. The molecule has 1 aromatic carbocycles. The van der Waals surface area contributed by atoms with Crippen LogP contribution in [-0.2, 0) is 11.3 Å². The largest absolute Gasteiger partial charge is 0.490 e. The number of aromatic nitrogens is 4. The zero-order valence-corrected chi connectivity index (χ0v) is 14.9. The molecule has 1 aromatic heterocycles. The summed E-state index contributed by atoms with van der Waals surface area (Å²) in [5.41, 5.74) is 0.511. The molecule has 0 unspecified atom stereocenters. The Morgan fingerprint density at radius 3 is 2.74 bits per heavy atom. The molecule has 1 saturated heterocycles. The fourth-order valence-corrected chi connectivity index (χ4v) is 3.20. The number of H-pyrrole nitrogens is 1. The van der Waals surface area contributed by atoms with E-state index in [1.165, 1.54) is 0 Å². The van der Waals surface area contributed by atoms with Gasteiger partial charge in [0.15, 0.2) is 5.82 Å². The highest BCUT2D eigenvalue weighted by atomic mass is 16.5. The molecule has 9 heteroatoms. The van der Waals surface area contributed by atoms with E-state index in [0.29, 0.717) is 23.0 Å². The molecule has 2 fully saturated rings. The molecule has 4 rings (SSSR count). The number of carbonyl (C=O) groups excluding carboxylic acids is 2. The maximum absolute atomic E-state index is 12.3. The molecule has 142 valence electrons. The second-order valence-electron chi connectivity index (χ2n) is 6.96. The van der Waals surface area contributed by atoms with Gasteiger partial charge in [-0.15, -0.1) is 10.2 Å². The molecule has 27 heavy (non-hydrogen) atoms. The number of piperidine rings is 1. The Labute approximate surface area is 156 Å². The predicted octanol–water partition coefficient (Wildman–Crippen LogP) is 0.909. The van der Waals surface area contributed by atoms with Gasteiger partial charge in [-0.1, -0.05) is 11.3 Å². The van der Waals surface area contributed by atoms with Crippen molar-refractivity contribution in [2.45, 2.75) is 38.3 Å². The smallest absolute Gasteiger partial charge is 0.251 e. The monoisotopic (exact) mass is 370 g/mol. The van der Waals surface area contributed by atoms with Crippen LogP contribution in [-0.4, -0.2) is 56.5 Å². The number of rotatable bonds is 6. The normalized spacial score (nSPS) is 17.6. The van der Waals surface area contributed by atoms with Crippen molar-refractivity contribution >= 4 is 11.8 Å². The lowest BCUT2D eigenvalue weighted by molar-refractivity contribution is -0.134. The number of likely N-dealkylation sites (tertiary alicyclic amines) is 1. The van der Waals surface area contributed by atoms with E-state index in [2.05, 4.69) is 25.9 Å². The summed E-state index contributed by atoms with van der Waals surface area (Å²) in [5, 5.41) is 16.1. The summed E-state index contributed by atoms with van der Waals surface area (Å²) in [7, 11) is 0. The quantitative estimate of drug-likeness (QED) is 0.781. The van der Waals surface area contributed by atoms with Gasteiger partial charge in [0, 0.05) is 37.4 Å². The minimum atomic E-state index is -0.227. The van der Waals surface area contributed by atoms with E-state index < -0.39 is 0 Å². The van der Waals surface area contributed by atoms with E-state index in [9.17, 15) is 9.59 Å². The number of nitrogens with zero attached hydrogens (tertiary/aromatic N) is 4. The van der Waals surface area contributed by atoms with E-state index in [4.69, 9.17) is 4.74 Å². The highest BCUT2D eigenvalue weighted by Crippen LogP contribution is 2.32. The van der Waals surface area contributed by atoms with Gasteiger partial charge >= 0.3 is 0 Å². The van der Waals surface area contributed by atoms with E-state index >= 15 is 0 Å². The van der Waals surface area contributed by atoms with Gasteiger partial charge in [-0.3, -0.25) is 9.59 Å².